The third kappa shape index (κ3) is 6.94. The van der Waals surface area contributed by atoms with Crippen molar-refractivity contribution in [2.45, 2.75) is 40.3 Å². The van der Waals surface area contributed by atoms with E-state index < -0.39 is 0 Å². The minimum absolute atomic E-state index is 0. The maximum absolute atomic E-state index is 5.64. The molecule has 29 heavy (non-hydrogen) atoms. The number of thiophene rings is 1. The predicted octanol–water partition coefficient (Wildman–Crippen LogP) is 3.41. The first-order chi connectivity index (χ1) is 13.6. The molecule has 9 heteroatoms. The van der Waals surface area contributed by atoms with E-state index in [0.717, 1.165) is 56.8 Å². The van der Waals surface area contributed by atoms with Crippen LogP contribution in [0.5, 0.6) is 0 Å². The molecule has 162 valence electrons. The highest BCUT2D eigenvalue weighted by atomic mass is 127. The van der Waals surface area contributed by atoms with Gasteiger partial charge >= 0.3 is 0 Å². The third-order valence-electron chi connectivity index (χ3n) is 4.83. The van der Waals surface area contributed by atoms with E-state index in [1.807, 2.05) is 25.2 Å². The van der Waals surface area contributed by atoms with Gasteiger partial charge in [0, 0.05) is 35.9 Å². The van der Waals surface area contributed by atoms with Gasteiger partial charge in [-0.2, -0.15) is 0 Å². The molecule has 0 amide bonds. The molecule has 1 atom stereocenters. The van der Waals surface area contributed by atoms with Crippen molar-refractivity contribution in [1.29, 1.82) is 0 Å². The van der Waals surface area contributed by atoms with Crippen LogP contribution in [0.3, 0.4) is 0 Å². The summed E-state index contributed by atoms with van der Waals surface area (Å²) in [4.78, 5) is 14.3. The van der Waals surface area contributed by atoms with Gasteiger partial charge in [0.2, 0.25) is 5.89 Å². The van der Waals surface area contributed by atoms with E-state index in [2.05, 4.69) is 51.5 Å². The van der Waals surface area contributed by atoms with Crippen molar-refractivity contribution in [3.05, 3.63) is 39.2 Å². The second kappa shape index (κ2) is 11.9. The lowest BCUT2D eigenvalue weighted by Gasteiger charge is -2.34. The van der Waals surface area contributed by atoms with Gasteiger partial charge in [0.25, 0.3) is 0 Å². The number of aryl methyl sites for hydroxylation is 3. The molecule has 0 aromatic carbocycles. The Balaban J connectivity index is 0.00000300. The van der Waals surface area contributed by atoms with Gasteiger partial charge in [0.1, 0.15) is 12.3 Å². The van der Waals surface area contributed by atoms with Gasteiger partial charge in [0.05, 0.1) is 24.9 Å². The van der Waals surface area contributed by atoms with Crippen molar-refractivity contribution in [2.24, 2.45) is 4.99 Å². The van der Waals surface area contributed by atoms with Crippen LogP contribution in [0.4, 0.5) is 0 Å². The fourth-order valence-corrected chi connectivity index (χ4v) is 4.23. The summed E-state index contributed by atoms with van der Waals surface area (Å²) in [5, 5.41) is 6.83. The molecule has 1 aliphatic heterocycles. The summed E-state index contributed by atoms with van der Waals surface area (Å²) < 4.78 is 11.2. The Labute approximate surface area is 194 Å². The van der Waals surface area contributed by atoms with E-state index in [1.54, 1.807) is 0 Å². The van der Waals surface area contributed by atoms with Crippen LogP contribution in [0.2, 0.25) is 0 Å². The number of aromatic nitrogens is 1. The van der Waals surface area contributed by atoms with Crippen LogP contribution in [0.25, 0.3) is 0 Å². The van der Waals surface area contributed by atoms with Crippen molar-refractivity contribution >= 4 is 41.3 Å². The lowest BCUT2D eigenvalue weighted by molar-refractivity contribution is 0.0177. The zero-order valence-electron chi connectivity index (χ0n) is 17.7. The summed E-state index contributed by atoms with van der Waals surface area (Å²) >= 11 is 1.86. The number of morpholine rings is 1. The Kier molecular flexibility index (Phi) is 9.87. The van der Waals surface area contributed by atoms with Crippen molar-refractivity contribution in [3.8, 4) is 0 Å². The van der Waals surface area contributed by atoms with Gasteiger partial charge in [0.15, 0.2) is 5.96 Å². The number of ether oxygens (including phenoxy) is 1. The lowest BCUT2D eigenvalue weighted by Crippen LogP contribution is -2.46. The van der Waals surface area contributed by atoms with Crippen molar-refractivity contribution in [3.63, 3.8) is 0 Å². The van der Waals surface area contributed by atoms with Gasteiger partial charge in [-0.25, -0.2) is 9.98 Å². The van der Waals surface area contributed by atoms with E-state index in [4.69, 9.17) is 9.15 Å². The van der Waals surface area contributed by atoms with Crippen LogP contribution >= 0.6 is 35.3 Å². The van der Waals surface area contributed by atoms with Gasteiger partial charge < -0.3 is 19.8 Å². The van der Waals surface area contributed by atoms with Crippen molar-refractivity contribution in [1.82, 2.24) is 20.5 Å². The number of nitrogens with zero attached hydrogens (tertiary/aromatic N) is 3. The minimum Gasteiger partial charge on any atom is -0.444 e. The number of hydrogen-bond donors (Lipinski definition) is 2. The van der Waals surface area contributed by atoms with Crippen LogP contribution < -0.4 is 10.6 Å². The highest BCUT2D eigenvalue weighted by molar-refractivity contribution is 14.0. The standard InChI is InChI=1S/C20H31N5O2S.HI/c1-5-21-20(23-13-19-24-15(3)16(4)27-19)22-12-17(18-7-6-14(2)28-18)25-8-10-26-11-9-25;/h6-7,17H,5,8-13H2,1-4H3,(H2,21,22,23);1H. The van der Waals surface area contributed by atoms with Gasteiger partial charge in [-0.1, -0.05) is 0 Å². The molecule has 1 fully saturated rings. The Hall–Kier alpha value is -1.17. The molecule has 2 aromatic heterocycles. The lowest BCUT2D eigenvalue weighted by atomic mass is 10.2. The molecule has 1 unspecified atom stereocenters. The first-order valence-corrected chi connectivity index (χ1v) is 10.7. The molecule has 3 heterocycles. The zero-order chi connectivity index (χ0) is 19.9. The zero-order valence-corrected chi connectivity index (χ0v) is 20.8. The fourth-order valence-electron chi connectivity index (χ4n) is 3.22. The molecular weight excluding hydrogens is 501 g/mol. The van der Waals surface area contributed by atoms with Crippen LogP contribution in [-0.2, 0) is 11.3 Å². The van der Waals surface area contributed by atoms with Gasteiger partial charge in [-0.15, -0.1) is 35.3 Å². The SMILES string of the molecule is CCNC(=NCc1nc(C)c(C)o1)NCC(c1ccc(C)s1)N1CCOCC1.I. The minimum atomic E-state index is 0. The molecule has 0 radical (unpaired) electrons. The summed E-state index contributed by atoms with van der Waals surface area (Å²) in [5.74, 6) is 2.27. The maximum atomic E-state index is 5.64. The normalized spacial score (nSPS) is 16.3. The smallest absolute Gasteiger partial charge is 0.216 e. The van der Waals surface area contributed by atoms with E-state index >= 15 is 0 Å². The second-order valence-electron chi connectivity index (χ2n) is 6.94. The summed E-state index contributed by atoms with van der Waals surface area (Å²) in [6, 6.07) is 4.74. The molecule has 2 N–H and O–H groups in total. The quantitative estimate of drug-likeness (QED) is 0.323. The molecule has 0 aliphatic carbocycles. The number of aliphatic imine (C=N–C) groups is 1. The average Bonchev–Trinajstić information content (AvgIpc) is 3.26. The molecule has 0 saturated carbocycles. The predicted molar refractivity (Wildman–Crippen MR) is 128 cm³/mol. The molecule has 3 rings (SSSR count). The van der Waals surface area contributed by atoms with Crippen molar-refractivity contribution in [2.75, 3.05) is 39.4 Å². The molecule has 0 bridgehead atoms. The summed E-state index contributed by atoms with van der Waals surface area (Å²) in [7, 11) is 0. The number of halogens is 1. The highest BCUT2D eigenvalue weighted by Gasteiger charge is 2.24. The molecule has 0 spiro atoms. The summed E-state index contributed by atoms with van der Waals surface area (Å²) in [6.45, 7) is 13.6. The highest BCUT2D eigenvalue weighted by Crippen LogP contribution is 2.27. The third-order valence-corrected chi connectivity index (χ3v) is 5.93. The topological polar surface area (TPSA) is 74.9 Å². The van der Waals surface area contributed by atoms with Crippen LogP contribution in [-0.4, -0.2) is 55.2 Å². The first kappa shape index (κ1) is 24.1. The number of nitrogens with one attached hydrogen (secondary N) is 2. The van der Waals surface area contributed by atoms with E-state index in [1.165, 1.54) is 9.75 Å². The van der Waals surface area contributed by atoms with Crippen LogP contribution in [0, 0.1) is 20.8 Å². The first-order valence-electron chi connectivity index (χ1n) is 9.90. The fraction of sp³-hybridized carbons (Fsp3) is 0.600. The molecule has 1 aliphatic rings. The Morgan fingerprint density at radius 1 is 1.24 bits per heavy atom. The van der Waals surface area contributed by atoms with Gasteiger partial charge in [-0.05, 0) is 39.8 Å². The average molecular weight is 533 g/mol. The molecule has 2 aromatic rings. The van der Waals surface area contributed by atoms with Gasteiger partial charge in [-0.3, -0.25) is 4.90 Å². The number of oxazole rings is 1. The monoisotopic (exact) mass is 533 g/mol. The second-order valence-corrected chi connectivity index (χ2v) is 8.26. The maximum Gasteiger partial charge on any atom is 0.216 e. The Morgan fingerprint density at radius 3 is 2.59 bits per heavy atom. The van der Waals surface area contributed by atoms with Crippen LogP contribution in [0.15, 0.2) is 21.5 Å². The molecular formula is C20H32IN5O2S. The summed E-state index contributed by atoms with van der Waals surface area (Å²) in [5.41, 5.74) is 0.920. The number of rotatable bonds is 7. The number of guanidine groups is 1. The van der Waals surface area contributed by atoms with E-state index in [0.29, 0.717) is 18.5 Å². The molecule has 7 nitrogen and oxygen atoms in total. The van der Waals surface area contributed by atoms with E-state index in [9.17, 15) is 0 Å². The largest absolute Gasteiger partial charge is 0.444 e. The summed E-state index contributed by atoms with van der Waals surface area (Å²) in [6.07, 6.45) is 0. The Morgan fingerprint density at radius 2 is 2.00 bits per heavy atom. The van der Waals surface area contributed by atoms with Crippen molar-refractivity contribution < 1.29 is 9.15 Å². The Bertz CT molecular complexity index is 766. The number of hydrogen-bond acceptors (Lipinski definition) is 6. The molecule has 1 saturated heterocycles. The van der Waals surface area contributed by atoms with E-state index in [-0.39, 0.29) is 24.0 Å². The van der Waals surface area contributed by atoms with Crippen LogP contribution in [0.1, 0.15) is 40.1 Å².